The molecule has 0 saturated carbocycles. The Balaban J connectivity index is 2.32. The Morgan fingerprint density at radius 3 is 2.50 bits per heavy atom. The first kappa shape index (κ1) is 15.9. The summed E-state index contributed by atoms with van der Waals surface area (Å²) in [6.45, 7) is 6.37. The van der Waals surface area contributed by atoms with Crippen LogP contribution in [-0.4, -0.2) is 45.2 Å². The monoisotopic (exact) mass is 277 g/mol. The minimum atomic E-state index is -2.91. The molecule has 5 heteroatoms. The smallest absolute Gasteiger partial charge is 0.153 e. The lowest BCUT2D eigenvalue weighted by Gasteiger charge is -2.22. The molecule has 4 nitrogen and oxygen atoms in total. The second kappa shape index (κ2) is 8.12. The number of hydrogen-bond acceptors (Lipinski definition) is 4. The molecule has 1 aliphatic rings. The third-order valence-electron chi connectivity index (χ3n) is 3.64. The van der Waals surface area contributed by atoms with E-state index in [-0.39, 0.29) is 5.25 Å². The van der Waals surface area contributed by atoms with Gasteiger partial charge in [0.25, 0.3) is 0 Å². The summed E-state index contributed by atoms with van der Waals surface area (Å²) < 4.78 is 29.5. The van der Waals surface area contributed by atoms with Gasteiger partial charge in [-0.2, -0.15) is 0 Å². The maximum absolute atomic E-state index is 12.1. The fraction of sp³-hybridized carbons (Fsp3) is 1.00. The van der Waals surface area contributed by atoms with E-state index < -0.39 is 9.84 Å². The molecular formula is C13H27NO3S. The van der Waals surface area contributed by atoms with Crippen LogP contribution in [0.5, 0.6) is 0 Å². The first-order chi connectivity index (χ1) is 8.60. The van der Waals surface area contributed by atoms with Crippen LogP contribution >= 0.6 is 0 Å². The molecule has 1 unspecified atom stereocenters. The average Bonchev–Trinajstić information content (AvgIpc) is 2.38. The van der Waals surface area contributed by atoms with Crippen molar-refractivity contribution in [1.29, 1.82) is 0 Å². The quantitative estimate of drug-likeness (QED) is 0.734. The highest BCUT2D eigenvalue weighted by atomic mass is 32.2. The van der Waals surface area contributed by atoms with E-state index in [9.17, 15) is 8.42 Å². The molecule has 1 fully saturated rings. The van der Waals surface area contributed by atoms with Gasteiger partial charge in [-0.15, -0.1) is 0 Å². The van der Waals surface area contributed by atoms with Crippen LogP contribution in [0.2, 0.25) is 0 Å². The van der Waals surface area contributed by atoms with Gasteiger partial charge in [-0.3, -0.25) is 0 Å². The van der Waals surface area contributed by atoms with E-state index in [1.807, 2.05) is 0 Å². The highest BCUT2D eigenvalue weighted by Gasteiger charge is 2.27. The minimum Gasteiger partial charge on any atom is -0.381 e. The van der Waals surface area contributed by atoms with Crippen molar-refractivity contribution < 1.29 is 13.2 Å². The number of sulfone groups is 1. The molecule has 0 spiro atoms. The molecular weight excluding hydrogens is 250 g/mol. The van der Waals surface area contributed by atoms with Crippen LogP contribution in [0.3, 0.4) is 0 Å². The highest BCUT2D eigenvalue weighted by Crippen LogP contribution is 2.18. The fourth-order valence-electron chi connectivity index (χ4n) is 2.47. The van der Waals surface area contributed by atoms with Crippen molar-refractivity contribution >= 4 is 9.84 Å². The molecule has 0 radical (unpaired) electrons. The Morgan fingerprint density at radius 1 is 1.28 bits per heavy atom. The molecule has 108 valence electrons. The van der Waals surface area contributed by atoms with Crippen molar-refractivity contribution in [3.63, 3.8) is 0 Å². The van der Waals surface area contributed by atoms with Gasteiger partial charge in [-0.1, -0.05) is 13.8 Å². The van der Waals surface area contributed by atoms with Gasteiger partial charge in [0.05, 0.1) is 11.0 Å². The molecule has 1 saturated heterocycles. The van der Waals surface area contributed by atoms with Crippen LogP contribution in [0.4, 0.5) is 0 Å². The molecule has 0 aromatic rings. The lowest BCUT2D eigenvalue weighted by Crippen LogP contribution is -2.32. The van der Waals surface area contributed by atoms with E-state index in [0.717, 1.165) is 25.8 Å². The van der Waals surface area contributed by atoms with Crippen LogP contribution in [-0.2, 0) is 14.6 Å². The average molecular weight is 277 g/mol. The molecule has 1 atom stereocenters. The summed E-state index contributed by atoms with van der Waals surface area (Å²) >= 11 is 0. The van der Waals surface area contributed by atoms with Gasteiger partial charge in [-0.05, 0) is 38.6 Å². The number of ether oxygens (including phenoxy) is 1. The van der Waals surface area contributed by atoms with Gasteiger partial charge in [0.15, 0.2) is 9.84 Å². The SMILES string of the molecule is CCNC(CC)CCCS(=O)(=O)C1CCOCC1. The predicted molar refractivity (Wildman–Crippen MR) is 74.6 cm³/mol. The molecule has 1 N–H and O–H groups in total. The Labute approximate surface area is 111 Å². The van der Waals surface area contributed by atoms with Gasteiger partial charge in [0, 0.05) is 19.3 Å². The molecule has 1 aliphatic heterocycles. The molecule has 0 aliphatic carbocycles. The summed E-state index contributed by atoms with van der Waals surface area (Å²) in [4.78, 5) is 0. The second-order valence-electron chi connectivity index (χ2n) is 4.98. The number of hydrogen-bond donors (Lipinski definition) is 1. The Kier molecular flexibility index (Phi) is 7.19. The molecule has 0 bridgehead atoms. The van der Waals surface area contributed by atoms with Crippen LogP contribution < -0.4 is 5.32 Å². The zero-order valence-electron chi connectivity index (χ0n) is 11.7. The maximum atomic E-state index is 12.1. The normalized spacial score (nSPS) is 19.9. The van der Waals surface area contributed by atoms with E-state index in [1.165, 1.54) is 0 Å². The number of rotatable bonds is 8. The van der Waals surface area contributed by atoms with E-state index in [0.29, 0.717) is 37.9 Å². The summed E-state index contributed by atoms with van der Waals surface area (Å²) in [6, 6.07) is 0.458. The Morgan fingerprint density at radius 2 is 1.94 bits per heavy atom. The molecule has 18 heavy (non-hydrogen) atoms. The van der Waals surface area contributed by atoms with Crippen molar-refractivity contribution in [2.75, 3.05) is 25.5 Å². The first-order valence-corrected chi connectivity index (χ1v) is 8.84. The lowest BCUT2D eigenvalue weighted by molar-refractivity contribution is 0.0983. The summed E-state index contributed by atoms with van der Waals surface area (Å²) in [5.74, 6) is 0.333. The van der Waals surface area contributed by atoms with Crippen LogP contribution in [0.1, 0.15) is 46.0 Å². The van der Waals surface area contributed by atoms with Crippen molar-refractivity contribution in [1.82, 2.24) is 5.32 Å². The topological polar surface area (TPSA) is 55.4 Å². The molecule has 0 aromatic heterocycles. The minimum absolute atomic E-state index is 0.162. The van der Waals surface area contributed by atoms with E-state index in [1.54, 1.807) is 0 Å². The van der Waals surface area contributed by atoms with Gasteiger partial charge >= 0.3 is 0 Å². The molecule has 0 amide bonds. The lowest BCUT2D eigenvalue weighted by atomic mass is 10.1. The van der Waals surface area contributed by atoms with Crippen LogP contribution in [0, 0.1) is 0 Å². The van der Waals surface area contributed by atoms with Crippen LogP contribution in [0.15, 0.2) is 0 Å². The molecule has 0 aromatic carbocycles. The zero-order chi connectivity index (χ0) is 13.4. The largest absolute Gasteiger partial charge is 0.381 e. The van der Waals surface area contributed by atoms with E-state index >= 15 is 0 Å². The Bertz CT molecular complexity index is 310. The summed E-state index contributed by atoms with van der Waals surface area (Å²) in [7, 11) is -2.91. The zero-order valence-corrected chi connectivity index (χ0v) is 12.5. The second-order valence-corrected chi connectivity index (χ2v) is 7.38. The maximum Gasteiger partial charge on any atom is 0.153 e. The van der Waals surface area contributed by atoms with Crippen molar-refractivity contribution in [2.45, 2.75) is 57.2 Å². The van der Waals surface area contributed by atoms with Gasteiger partial charge in [-0.25, -0.2) is 8.42 Å². The third-order valence-corrected chi connectivity index (χ3v) is 5.99. The van der Waals surface area contributed by atoms with Crippen LogP contribution in [0.25, 0.3) is 0 Å². The van der Waals surface area contributed by atoms with Crippen molar-refractivity contribution in [3.05, 3.63) is 0 Å². The van der Waals surface area contributed by atoms with Crippen molar-refractivity contribution in [3.8, 4) is 0 Å². The highest BCUT2D eigenvalue weighted by molar-refractivity contribution is 7.92. The third kappa shape index (κ3) is 5.24. The first-order valence-electron chi connectivity index (χ1n) is 7.12. The van der Waals surface area contributed by atoms with Crippen molar-refractivity contribution in [2.24, 2.45) is 0 Å². The van der Waals surface area contributed by atoms with Gasteiger partial charge < -0.3 is 10.1 Å². The molecule has 1 rings (SSSR count). The predicted octanol–water partition coefficient (Wildman–Crippen LogP) is 1.75. The van der Waals surface area contributed by atoms with E-state index in [2.05, 4.69) is 19.2 Å². The number of nitrogens with one attached hydrogen (secondary N) is 1. The Hall–Kier alpha value is -0.130. The van der Waals surface area contributed by atoms with E-state index in [4.69, 9.17) is 4.74 Å². The molecule has 1 heterocycles. The van der Waals surface area contributed by atoms with Gasteiger partial charge in [0.2, 0.25) is 0 Å². The summed E-state index contributed by atoms with van der Waals surface area (Å²) in [6.07, 6.45) is 4.13. The summed E-state index contributed by atoms with van der Waals surface area (Å²) in [5, 5.41) is 3.22. The standard InChI is InChI=1S/C13H27NO3S/c1-3-12(14-4-2)6-5-11-18(15,16)13-7-9-17-10-8-13/h12-14H,3-11H2,1-2H3. The summed E-state index contributed by atoms with van der Waals surface area (Å²) in [5.41, 5.74) is 0. The van der Waals surface area contributed by atoms with Gasteiger partial charge in [0.1, 0.15) is 0 Å². The fourth-order valence-corrected chi connectivity index (χ4v) is 4.28.